The van der Waals surface area contributed by atoms with Crippen LogP contribution in [0.15, 0.2) is 38.1 Å². The van der Waals surface area contributed by atoms with Crippen LogP contribution < -0.4 is 0 Å². The van der Waals surface area contributed by atoms with Gasteiger partial charge >= 0.3 is 5.97 Å². The lowest BCUT2D eigenvalue weighted by Gasteiger charge is -1.83. The number of thiophene rings is 4. The van der Waals surface area contributed by atoms with Crippen molar-refractivity contribution in [2.24, 2.45) is 0 Å². The molecule has 0 aromatic carbocycles. The lowest BCUT2D eigenvalue weighted by atomic mass is 10.3. The van der Waals surface area contributed by atoms with Crippen LogP contribution in [0.1, 0.15) is 10.4 Å². The standard InChI is InChI=1S/C7H4O2S2.C6H3BrS2/c8-7(9)4-3-11-5-1-2-10-6(4)5;7-4-3-9-5-1-2-8-6(4)5/h1-3H,(H,8,9);1-3H. The predicted octanol–water partition coefficient (Wildman–Crippen LogP) is 6.39. The minimum atomic E-state index is -0.835. The van der Waals surface area contributed by atoms with Crippen molar-refractivity contribution in [1.29, 1.82) is 0 Å². The smallest absolute Gasteiger partial charge is 0.338 e. The quantitative estimate of drug-likeness (QED) is 0.400. The Balaban J connectivity index is 0.000000123. The van der Waals surface area contributed by atoms with Crippen molar-refractivity contribution in [2.75, 3.05) is 0 Å². The number of halogens is 1. The zero-order valence-corrected chi connectivity index (χ0v) is 14.7. The van der Waals surface area contributed by atoms with Gasteiger partial charge in [0.2, 0.25) is 0 Å². The Morgan fingerprint density at radius 3 is 2.20 bits per heavy atom. The van der Waals surface area contributed by atoms with Crippen LogP contribution in [0.2, 0.25) is 0 Å². The minimum absolute atomic E-state index is 0.431. The third-order valence-electron chi connectivity index (χ3n) is 2.54. The summed E-state index contributed by atoms with van der Waals surface area (Å²) < 4.78 is 5.94. The largest absolute Gasteiger partial charge is 0.478 e. The highest BCUT2D eigenvalue weighted by Gasteiger charge is 2.10. The van der Waals surface area contributed by atoms with Gasteiger partial charge in [0.05, 0.1) is 15.0 Å². The molecule has 7 heteroatoms. The molecule has 0 bridgehead atoms. The van der Waals surface area contributed by atoms with Crippen molar-refractivity contribution in [3.05, 3.63) is 43.7 Å². The fraction of sp³-hybridized carbons (Fsp3) is 0. The van der Waals surface area contributed by atoms with E-state index in [1.165, 1.54) is 36.5 Å². The molecule has 102 valence electrons. The van der Waals surface area contributed by atoms with E-state index in [1.807, 2.05) is 11.4 Å². The Morgan fingerprint density at radius 1 is 0.950 bits per heavy atom. The average Bonchev–Trinajstić information content (AvgIpc) is 3.11. The molecule has 4 aromatic rings. The van der Waals surface area contributed by atoms with Crippen LogP contribution in [-0.2, 0) is 0 Å². The van der Waals surface area contributed by atoms with Gasteiger partial charge in [0.25, 0.3) is 0 Å². The molecular weight excluding hydrogens is 396 g/mol. The molecule has 0 amide bonds. The first kappa shape index (κ1) is 14.2. The van der Waals surface area contributed by atoms with Crippen molar-refractivity contribution in [3.63, 3.8) is 0 Å². The van der Waals surface area contributed by atoms with E-state index in [-0.39, 0.29) is 0 Å². The van der Waals surface area contributed by atoms with Gasteiger partial charge in [-0.05, 0) is 38.8 Å². The third kappa shape index (κ3) is 2.68. The van der Waals surface area contributed by atoms with Gasteiger partial charge in [-0.2, -0.15) is 0 Å². The molecule has 0 saturated heterocycles. The summed E-state index contributed by atoms with van der Waals surface area (Å²) in [7, 11) is 0. The Hall–Kier alpha value is -0.730. The summed E-state index contributed by atoms with van der Waals surface area (Å²) in [5, 5.41) is 16.5. The molecule has 20 heavy (non-hydrogen) atoms. The Bertz CT molecular complexity index is 867. The number of rotatable bonds is 1. The first-order valence-electron chi connectivity index (χ1n) is 5.45. The fourth-order valence-corrected chi connectivity index (χ4v) is 6.48. The van der Waals surface area contributed by atoms with Crippen LogP contribution in [-0.4, -0.2) is 11.1 Å². The summed E-state index contributed by atoms with van der Waals surface area (Å²) in [6, 6.07) is 4.09. The molecule has 1 N–H and O–H groups in total. The van der Waals surface area contributed by atoms with Crippen LogP contribution in [0.5, 0.6) is 0 Å². The minimum Gasteiger partial charge on any atom is -0.478 e. The molecule has 4 aromatic heterocycles. The number of carboxylic acid groups (broad SMARTS) is 1. The highest BCUT2D eigenvalue weighted by molar-refractivity contribution is 9.10. The summed E-state index contributed by atoms with van der Waals surface area (Å²) >= 11 is 9.99. The summed E-state index contributed by atoms with van der Waals surface area (Å²) in [4.78, 5) is 10.6. The van der Waals surface area contributed by atoms with E-state index in [0.29, 0.717) is 5.56 Å². The van der Waals surface area contributed by atoms with Crippen molar-refractivity contribution >= 4 is 86.0 Å². The Morgan fingerprint density at radius 2 is 1.55 bits per heavy atom. The maximum Gasteiger partial charge on any atom is 0.338 e. The summed E-state index contributed by atoms with van der Waals surface area (Å²) in [6.45, 7) is 0. The molecular formula is C13H7BrO2S4. The van der Waals surface area contributed by atoms with Crippen LogP contribution in [0.25, 0.3) is 18.8 Å². The molecule has 0 aliphatic rings. The Labute approximate surface area is 139 Å². The number of carboxylic acids is 1. The molecule has 0 atom stereocenters. The Kier molecular flexibility index (Phi) is 4.23. The van der Waals surface area contributed by atoms with Crippen molar-refractivity contribution in [1.82, 2.24) is 0 Å². The highest BCUT2D eigenvalue weighted by Crippen LogP contribution is 2.34. The number of fused-ring (bicyclic) bond motifs is 2. The average molecular weight is 403 g/mol. The molecule has 0 radical (unpaired) electrons. The van der Waals surface area contributed by atoms with Gasteiger partial charge in [-0.1, -0.05) is 0 Å². The van der Waals surface area contributed by atoms with E-state index in [0.717, 1.165) is 9.40 Å². The van der Waals surface area contributed by atoms with Crippen LogP contribution in [0, 0.1) is 0 Å². The fourth-order valence-electron chi connectivity index (χ4n) is 1.64. The maximum absolute atomic E-state index is 10.6. The SMILES string of the molecule is Brc1csc2ccsc12.O=C(O)c1csc2ccsc12. The second-order valence-electron chi connectivity index (χ2n) is 3.77. The van der Waals surface area contributed by atoms with Gasteiger partial charge in [-0.15, -0.1) is 45.3 Å². The molecule has 0 aliphatic carbocycles. The number of hydrogen-bond donors (Lipinski definition) is 1. The van der Waals surface area contributed by atoms with E-state index >= 15 is 0 Å². The van der Waals surface area contributed by atoms with Crippen LogP contribution in [0.4, 0.5) is 0 Å². The molecule has 0 spiro atoms. The number of carbonyl (C=O) groups is 1. The number of hydrogen-bond acceptors (Lipinski definition) is 5. The topological polar surface area (TPSA) is 37.3 Å². The molecule has 0 unspecified atom stereocenters. The molecule has 4 heterocycles. The van der Waals surface area contributed by atoms with E-state index < -0.39 is 5.97 Å². The normalized spacial score (nSPS) is 10.7. The second-order valence-corrected chi connectivity index (χ2v) is 8.28. The second kappa shape index (κ2) is 5.95. The van der Waals surface area contributed by atoms with Crippen molar-refractivity contribution in [3.8, 4) is 0 Å². The monoisotopic (exact) mass is 402 g/mol. The van der Waals surface area contributed by atoms with Crippen molar-refractivity contribution in [2.45, 2.75) is 0 Å². The van der Waals surface area contributed by atoms with Gasteiger partial charge in [0, 0.05) is 24.6 Å². The molecule has 0 saturated carbocycles. The molecule has 2 nitrogen and oxygen atoms in total. The van der Waals surface area contributed by atoms with Crippen LogP contribution in [0.3, 0.4) is 0 Å². The van der Waals surface area contributed by atoms with Gasteiger partial charge in [0.1, 0.15) is 0 Å². The summed E-state index contributed by atoms with van der Waals surface area (Å²) in [6.07, 6.45) is 0. The van der Waals surface area contributed by atoms with Crippen molar-refractivity contribution < 1.29 is 9.90 Å². The zero-order chi connectivity index (χ0) is 14.1. The van der Waals surface area contributed by atoms with Gasteiger partial charge in [-0.25, -0.2) is 4.79 Å². The van der Waals surface area contributed by atoms with Gasteiger partial charge in [0.15, 0.2) is 0 Å². The molecule has 0 aliphatic heterocycles. The van der Waals surface area contributed by atoms with E-state index in [2.05, 4.69) is 32.8 Å². The molecule has 4 rings (SSSR count). The van der Waals surface area contributed by atoms with E-state index in [1.54, 1.807) is 28.1 Å². The van der Waals surface area contributed by atoms with Gasteiger partial charge < -0.3 is 5.11 Å². The lowest BCUT2D eigenvalue weighted by Crippen LogP contribution is -1.91. The first-order chi connectivity index (χ1) is 9.66. The first-order valence-corrected chi connectivity index (χ1v) is 9.76. The highest BCUT2D eigenvalue weighted by atomic mass is 79.9. The van der Waals surface area contributed by atoms with E-state index in [9.17, 15) is 4.79 Å². The van der Waals surface area contributed by atoms with E-state index in [4.69, 9.17) is 5.11 Å². The predicted molar refractivity (Wildman–Crippen MR) is 94.1 cm³/mol. The zero-order valence-electron chi connectivity index (χ0n) is 9.83. The lowest BCUT2D eigenvalue weighted by molar-refractivity contribution is 0.0699. The van der Waals surface area contributed by atoms with Crippen LogP contribution >= 0.6 is 61.3 Å². The van der Waals surface area contributed by atoms with Gasteiger partial charge in [-0.3, -0.25) is 0 Å². The number of aromatic carboxylic acids is 1. The summed E-state index contributed by atoms with van der Waals surface area (Å²) in [5.41, 5.74) is 0.431. The third-order valence-corrected chi connectivity index (χ3v) is 7.78. The molecule has 0 fully saturated rings. The summed E-state index contributed by atoms with van der Waals surface area (Å²) in [5.74, 6) is -0.835. The maximum atomic E-state index is 10.6.